The minimum atomic E-state index is -3.54. The Morgan fingerprint density at radius 1 is 1.10 bits per heavy atom. The molecule has 0 saturated carbocycles. The molecule has 0 aromatic carbocycles. The van der Waals surface area contributed by atoms with E-state index in [1.54, 1.807) is 11.3 Å². The number of carbonyl (C=O) groups is 1. The van der Waals surface area contributed by atoms with Gasteiger partial charge < -0.3 is 18.5 Å². The zero-order valence-electron chi connectivity index (χ0n) is 38.1. The van der Waals surface area contributed by atoms with Crippen molar-refractivity contribution < 1.29 is 23.3 Å². The van der Waals surface area contributed by atoms with Crippen molar-refractivity contribution in [2.75, 3.05) is 6.61 Å². The smallest absolute Gasteiger partial charge is 0.192 e. The number of allylic oxidation sites excluding steroid dienone is 2. The number of aliphatic hydroxyl groups is 1. The molecule has 6 nitrogen and oxygen atoms in total. The molecule has 52 heavy (non-hydrogen) atoms. The first kappa shape index (κ1) is 46.1. The van der Waals surface area contributed by atoms with Crippen molar-refractivity contribution >= 4 is 65.6 Å². The SMILES string of the molecule is [2H]P(=O)([B][3H])SC(C(C)=Cc1csc(C)n1)[C@@H](C)C=C(C)CCC[C@H](C)[C@H](O)[C@@H](C)C(=O)C(C)(C)[C@H](CCO[Si](C)(C)C(C)(C)C)O[Si](C)(C)C(C)(C)C. The molecular formula is C40H76BNO5PS2Si2. The largest absolute Gasteiger partial charge is 0.417 e. The lowest BCUT2D eigenvalue weighted by molar-refractivity contribution is -0.141. The van der Waals surface area contributed by atoms with Crippen LogP contribution in [-0.4, -0.2) is 66.7 Å². The monoisotopic (exact) mass is 815 g/mol. The van der Waals surface area contributed by atoms with Crippen LogP contribution in [0.4, 0.5) is 0 Å². The fourth-order valence-corrected chi connectivity index (χ4v) is 11.7. The maximum absolute atomic E-state index is 14.3. The molecule has 0 amide bonds. The van der Waals surface area contributed by atoms with Gasteiger partial charge in [0.05, 0.1) is 31.0 Å². The molecule has 299 valence electrons. The van der Waals surface area contributed by atoms with E-state index in [2.05, 4.69) is 92.6 Å². The van der Waals surface area contributed by atoms with Gasteiger partial charge in [0.2, 0.25) is 0 Å². The summed E-state index contributed by atoms with van der Waals surface area (Å²) in [7, 11) is -3.45. The summed E-state index contributed by atoms with van der Waals surface area (Å²) in [5, 5.41) is 14.4. The number of ketones is 1. The molecule has 0 saturated heterocycles. The highest BCUT2D eigenvalue weighted by Gasteiger charge is 2.47. The number of thiazole rings is 1. The van der Waals surface area contributed by atoms with E-state index in [4.69, 9.17) is 11.5 Å². The van der Waals surface area contributed by atoms with Crippen molar-refractivity contribution in [2.24, 2.45) is 23.2 Å². The van der Waals surface area contributed by atoms with Gasteiger partial charge in [0.15, 0.2) is 24.2 Å². The summed E-state index contributed by atoms with van der Waals surface area (Å²) >= 11 is 2.62. The van der Waals surface area contributed by atoms with Gasteiger partial charge in [-0.3, -0.25) is 4.79 Å². The Hall–Kier alpha value is -0.261. The molecule has 1 heterocycles. The Morgan fingerprint density at radius 3 is 2.17 bits per heavy atom. The van der Waals surface area contributed by atoms with Crippen LogP contribution in [0.25, 0.3) is 6.08 Å². The van der Waals surface area contributed by atoms with E-state index in [9.17, 15) is 14.5 Å². The number of Topliss-reactive ketones (excluding diaryl/α,β-unsaturated/α-hetero) is 1. The number of aliphatic hydroxyl groups excluding tert-OH is 1. The summed E-state index contributed by atoms with van der Waals surface area (Å²) in [6.45, 7) is 35.3. The summed E-state index contributed by atoms with van der Waals surface area (Å²) in [5.74, 6) is -0.633. The van der Waals surface area contributed by atoms with Gasteiger partial charge in [-0.25, -0.2) is 4.98 Å². The van der Waals surface area contributed by atoms with Crippen molar-refractivity contribution in [3.63, 3.8) is 0 Å². The van der Waals surface area contributed by atoms with E-state index < -0.39 is 40.9 Å². The standard InChI is InChI=1S/C40H76BNO5PS2Si2/c1-27(24-29(3)36(50-48(41)45)30(4)25-33-26-49-32(6)42-33)20-19-21-28(2)35(43)31(5)37(44)40(13,14)34(47-52(17,18)39(10,11)12)22-23-46-51(15,16)38(7,8)9/h24-26,28-29,31,34-36,41,43,48H,19-23H2,1-18H3/t28-,29-,31+,34-,35-,36?/m0/s1/i41T,48D. The lowest BCUT2D eigenvalue weighted by Crippen LogP contribution is -2.52. The number of carbonyl (C=O) groups excluding carboxylic acids is 1. The normalized spacial score (nSPS) is 19.5. The maximum atomic E-state index is 14.3. The number of aromatic nitrogens is 1. The fourth-order valence-electron chi connectivity index (χ4n) is 6.09. The summed E-state index contributed by atoms with van der Waals surface area (Å²) in [6, 6.07) is 0. The van der Waals surface area contributed by atoms with Gasteiger partial charge in [-0.2, -0.15) is 0 Å². The van der Waals surface area contributed by atoms with Gasteiger partial charge in [-0.15, -0.1) is 22.7 Å². The van der Waals surface area contributed by atoms with Gasteiger partial charge >= 0.3 is 0 Å². The minimum absolute atomic E-state index is 0.0189. The first-order chi connectivity index (χ1) is 24.3. The molecule has 1 N–H and O–H groups in total. The van der Waals surface area contributed by atoms with Gasteiger partial charge in [-0.1, -0.05) is 93.4 Å². The van der Waals surface area contributed by atoms with Crippen LogP contribution in [0.15, 0.2) is 22.6 Å². The zero-order valence-corrected chi connectivity index (χ0v) is 40.6. The first-order valence-electron chi connectivity index (χ1n) is 20.2. The predicted molar refractivity (Wildman–Crippen MR) is 238 cm³/mol. The topological polar surface area (TPSA) is 85.7 Å². The van der Waals surface area contributed by atoms with Gasteiger partial charge in [-0.05, 0) is 102 Å². The van der Waals surface area contributed by atoms with E-state index in [0.29, 0.717) is 13.0 Å². The third kappa shape index (κ3) is 15.0. The minimum Gasteiger partial charge on any atom is -0.417 e. The van der Waals surface area contributed by atoms with Crippen LogP contribution in [-0.2, 0) is 18.2 Å². The number of aryl methyl sites for hydroxylation is 1. The lowest BCUT2D eigenvalue weighted by Gasteiger charge is -2.45. The lowest BCUT2D eigenvalue weighted by atomic mass is 9.73. The van der Waals surface area contributed by atoms with Crippen LogP contribution in [0, 0.1) is 30.1 Å². The molecule has 1 aromatic rings. The van der Waals surface area contributed by atoms with Gasteiger partial charge in [0.25, 0.3) is 0 Å². The average Bonchev–Trinajstić information content (AvgIpc) is 3.44. The van der Waals surface area contributed by atoms with Gasteiger partial charge in [0.1, 0.15) is 5.78 Å². The molecule has 0 bridgehead atoms. The molecule has 1 radical (unpaired) electrons. The molecular weight excluding hydrogens is 737 g/mol. The second-order valence-corrected chi connectivity index (χ2v) is 32.5. The molecule has 1 rings (SSSR count). The number of hydrogen-bond acceptors (Lipinski definition) is 8. The van der Waals surface area contributed by atoms with E-state index >= 15 is 0 Å². The highest BCUT2D eigenvalue weighted by Crippen LogP contribution is 2.45. The molecule has 2 unspecified atom stereocenters. The Morgan fingerprint density at radius 2 is 1.67 bits per heavy atom. The number of nitrogens with zero attached hydrogens (tertiary/aromatic N) is 1. The van der Waals surface area contributed by atoms with Crippen LogP contribution >= 0.6 is 29.5 Å². The van der Waals surface area contributed by atoms with Crippen molar-refractivity contribution in [1.29, 1.82) is 2.61 Å². The summed E-state index contributed by atoms with van der Waals surface area (Å²) in [5.41, 5.74) is 2.18. The fraction of sp³-hybridized carbons (Fsp3) is 0.800. The maximum Gasteiger partial charge on any atom is 0.192 e. The number of hydrogen-bond donors (Lipinski definition) is 1. The van der Waals surface area contributed by atoms with Crippen LogP contribution in [0.2, 0.25) is 36.3 Å². The van der Waals surface area contributed by atoms with Crippen LogP contribution in [0.3, 0.4) is 0 Å². The van der Waals surface area contributed by atoms with Crippen molar-refractivity contribution in [2.45, 2.75) is 176 Å². The first-order valence-corrected chi connectivity index (χ1v) is 28.7. The quantitative estimate of drug-likeness (QED) is 0.0709. The average molecular weight is 816 g/mol. The van der Waals surface area contributed by atoms with E-state index in [1.165, 1.54) is 5.57 Å². The molecule has 0 aliphatic carbocycles. The Kier molecular flexibility index (Phi) is 18.0. The van der Waals surface area contributed by atoms with Crippen LogP contribution < -0.4 is 0 Å². The van der Waals surface area contributed by atoms with Crippen LogP contribution in [0.1, 0.15) is 126 Å². The summed E-state index contributed by atoms with van der Waals surface area (Å²) in [4.78, 5) is 18.9. The molecule has 7 atom stereocenters. The molecule has 0 aliphatic heterocycles. The number of rotatable bonds is 22. The Labute approximate surface area is 334 Å². The molecule has 0 spiro atoms. The molecule has 12 heteroatoms. The van der Waals surface area contributed by atoms with Crippen molar-refractivity contribution in [3.05, 3.63) is 33.3 Å². The second-order valence-electron chi connectivity index (χ2n) is 18.9. The highest BCUT2D eigenvalue weighted by molar-refractivity contribution is 8.58. The van der Waals surface area contributed by atoms with E-state index in [1.807, 2.05) is 53.0 Å². The molecule has 0 fully saturated rings. The van der Waals surface area contributed by atoms with Gasteiger partial charge in [0, 0.05) is 28.6 Å². The van der Waals surface area contributed by atoms with E-state index in [0.717, 1.165) is 54.4 Å². The Balaban J connectivity index is 3.08. The zero-order chi connectivity index (χ0) is 42.3. The van der Waals surface area contributed by atoms with Crippen molar-refractivity contribution in [3.8, 4) is 0 Å². The predicted octanol–water partition coefficient (Wildman–Crippen LogP) is 12.0. The highest BCUT2D eigenvalue weighted by atomic mass is 32.7. The Bertz CT molecular complexity index is 1470. The summed E-state index contributed by atoms with van der Waals surface area (Å²) in [6.07, 6.45) is 6.11. The molecule has 1 aromatic heterocycles. The molecule has 0 aliphatic rings. The second kappa shape index (κ2) is 20.2. The van der Waals surface area contributed by atoms with Crippen molar-refractivity contribution in [1.82, 2.24) is 4.98 Å². The summed E-state index contributed by atoms with van der Waals surface area (Å²) < 4.78 is 42.1. The van der Waals surface area contributed by atoms with E-state index in [-0.39, 0.29) is 39.0 Å². The third-order valence-electron chi connectivity index (χ3n) is 11.8. The third-order valence-corrected chi connectivity index (χ3v) is 24.1. The van der Waals surface area contributed by atoms with Crippen LogP contribution in [0.5, 0.6) is 0 Å².